The second-order valence-corrected chi connectivity index (χ2v) is 6.15. The highest BCUT2D eigenvalue weighted by Gasteiger charge is 2.11. The van der Waals surface area contributed by atoms with E-state index in [0.717, 1.165) is 40.9 Å². The lowest BCUT2D eigenvalue weighted by Gasteiger charge is -2.08. The molecule has 0 atom stereocenters. The molecule has 0 saturated carbocycles. The predicted molar refractivity (Wildman–Crippen MR) is 91.4 cm³/mol. The van der Waals surface area contributed by atoms with Crippen molar-refractivity contribution in [3.05, 3.63) is 58.3 Å². The van der Waals surface area contributed by atoms with Crippen LogP contribution in [0.5, 0.6) is 0 Å². The molecule has 108 valence electrons. The number of nitrogens with zero attached hydrogens (tertiary/aromatic N) is 2. The van der Waals surface area contributed by atoms with Crippen molar-refractivity contribution in [2.24, 2.45) is 0 Å². The van der Waals surface area contributed by atoms with E-state index in [-0.39, 0.29) is 0 Å². The van der Waals surface area contributed by atoms with Crippen LogP contribution in [0.4, 0.5) is 5.69 Å². The van der Waals surface area contributed by atoms with Gasteiger partial charge in [-0.25, -0.2) is 4.98 Å². The van der Waals surface area contributed by atoms with Crippen LogP contribution in [0.1, 0.15) is 24.7 Å². The van der Waals surface area contributed by atoms with E-state index in [1.165, 1.54) is 11.1 Å². The minimum atomic E-state index is 0.796. The fourth-order valence-electron chi connectivity index (χ4n) is 2.58. The molecule has 0 aliphatic carbocycles. The Hall–Kier alpha value is -1.81. The maximum atomic E-state index is 5.75. The van der Waals surface area contributed by atoms with E-state index in [0.29, 0.717) is 0 Å². The predicted octanol–water partition coefficient (Wildman–Crippen LogP) is 4.38. The van der Waals surface area contributed by atoms with Gasteiger partial charge >= 0.3 is 0 Å². The second kappa shape index (κ2) is 5.90. The number of aryl methyl sites for hydroxylation is 1. The number of benzene rings is 2. The van der Waals surface area contributed by atoms with Crippen molar-refractivity contribution in [2.45, 2.75) is 26.3 Å². The molecule has 0 aliphatic rings. The molecule has 1 aromatic heterocycles. The van der Waals surface area contributed by atoms with E-state index in [1.807, 2.05) is 12.1 Å². The monoisotopic (exact) mass is 343 g/mol. The minimum Gasteiger partial charge on any atom is -0.399 e. The van der Waals surface area contributed by atoms with E-state index in [2.05, 4.69) is 57.8 Å². The van der Waals surface area contributed by atoms with Crippen molar-refractivity contribution >= 4 is 32.7 Å². The van der Waals surface area contributed by atoms with E-state index in [4.69, 9.17) is 10.7 Å². The third-order valence-electron chi connectivity index (χ3n) is 3.58. The molecule has 0 bridgehead atoms. The maximum Gasteiger partial charge on any atom is 0.114 e. The highest BCUT2D eigenvalue weighted by molar-refractivity contribution is 9.10. The summed E-state index contributed by atoms with van der Waals surface area (Å²) in [5.41, 5.74) is 10.0. The quantitative estimate of drug-likeness (QED) is 0.714. The Labute approximate surface area is 132 Å². The van der Waals surface area contributed by atoms with Gasteiger partial charge in [-0.2, -0.15) is 0 Å². The summed E-state index contributed by atoms with van der Waals surface area (Å²) in [6, 6.07) is 14.3. The van der Waals surface area contributed by atoms with Gasteiger partial charge in [-0.15, -0.1) is 0 Å². The molecule has 3 aromatic rings. The van der Waals surface area contributed by atoms with Gasteiger partial charge in [-0.05, 0) is 42.3 Å². The second-order valence-electron chi connectivity index (χ2n) is 5.23. The number of hydrogen-bond donors (Lipinski definition) is 1. The summed E-state index contributed by atoms with van der Waals surface area (Å²) in [7, 11) is 0. The normalized spacial score (nSPS) is 11.1. The number of imidazole rings is 1. The van der Waals surface area contributed by atoms with E-state index in [9.17, 15) is 0 Å². The van der Waals surface area contributed by atoms with Crippen LogP contribution in [-0.2, 0) is 13.0 Å². The van der Waals surface area contributed by atoms with Crippen molar-refractivity contribution < 1.29 is 0 Å². The molecule has 2 aromatic carbocycles. The Balaban J connectivity index is 2.03. The van der Waals surface area contributed by atoms with Gasteiger partial charge in [-0.3, -0.25) is 0 Å². The number of nitrogens with two attached hydrogens (primary N) is 1. The first-order valence-electron chi connectivity index (χ1n) is 7.16. The van der Waals surface area contributed by atoms with Crippen molar-refractivity contribution in [1.82, 2.24) is 9.55 Å². The van der Waals surface area contributed by atoms with Crippen LogP contribution in [0, 0.1) is 0 Å². The first-order valence-corrected chi connectivity index (χ1v) is 7.95. The molecular weight excluding hydrogens is 326 g/mol. The van der Waals surface area contributed by atoms with Gasteiger partial charge in [0, 0.05) is 23.1 Å². The maximum absolute atomic E-state index is 5.75. The van der Waals surface area contributed by atoms with Crippen LogP contribution in [-0.4, -0.2) is 9.55 Å². The number of halogens is 1. The van der Waals surface area contributed by atoms with Gasteiger partial charge < -0.3 is 10.3 Å². The summed E-state index contributed by atoms with van der Waals surface area (Å²) >= 11 is 3.52. The molecule has 1 heterocycles. The van der Waals surface area contributed by atoms with Gasteiger partial charge in [0.2, 0.25) is 0 Å². The average molecular weight is 344 g/mol. The smallest absolute Gasteiger partial charge is 0.114 e. The molecule has 3 nitrogen and oxygen atoms in total. The average Bonchev–Trinajstić information content (AvgIpc) is 2.79. The van der Waals surface area contributed by atoms with Crippen molar-refractivity contribution in [2.75, 3.05) is 5.73 Å². The van der Waals surface area contributed by atoms with E-state index in [1.54, 1.807) is 0 Å². The Morgan fingerprint density at radius 2 is 1.90 bits per heavy atom. The summed E-state index contributed by atoms with van der Waals surface area (Å²) in [6.45, 7) is 3.18. The molecule has 0 saturated heterocycles. The lowest BCUT2D eigenvalue weighted by molar-refractivity contribution is 0.664. The minimum absolute atomic E-state index is 0.796. The van der Waals surface area contributed by atoms with Crippen LogP contribution < -0.4 is 5.73 Å². The van der Waals surface area contributed by atoms with Gasteiger partial charge in [0.15, 0.2) is 0 Å². The van der Waals surface area contributed by atoms with Crippen molar-refractivity contribution in [3.63, 3.8) is 0 Å². The topological polar surface area (TPSA) is 43.8 Å². The van der Waals surface area contributed by atoms with Crippen LogP contribution >= 0.6 is 15.9 Å². The van der Waals surface area contributed by atoms with Gasteiger partial charge in [0.05, 0.1) is 11.0 Å². The molecule has 0 radical (unpaired) electrons. The summed E-state index contributed by atoms with van der Waals surface area (Å²) < 4.78 is 3.38. The Morgan fingerprint density at radius 1 is 1.14 bits per heavy atom. The lowest BCUT2D eigenvalue weighted by atomic mass is 10.1. The molecule has 21 heavy (non-hydrogen) atoms. The Bertz CT molecular complexity index is 760. The molecule has 0 unspecified atom stereocenters. The summed E-state index contributed by atoms with van der Waals surface area (Å²) in [6.07, 6.45) is 1.92. The Kier molecular flexibility index (Phi) is 3.97. The molecule has 0 spiro atoms. The highest BCUT2D eigenvalue weighted by Crippen LogP contribution is 2.23. The van der Waals surface area contributed by atoms with Crippen LogP contribution in [0.2, 0.25) is 0 Å². The van der Waals surface area contributed by atoms with Gasteiger partial charge in [0.25, 0.3) is 0 Å². The molecule has 0 fully saturated rings. The number of aromatic nitrogens is 2. The molecule has 2 N–H and O–H groups in total. The first-order chi connectivity index (χ1) is 10.2. The van der Waals surface area contributed by atoms with Crippen molar-refractivity contribution in [3.8, 4) is 0 Å². The number of hydrogen-bond acceptors (Lipinski definition) is 2. The first kappa shape index (κ1) is 14.1. The molecule has 0 aliphatic heterocycles. The number of nitrogen functional groups attached to an aromatic ring is 1. The summed E-state index contributed by atoms with van der Waals surface area (Å²) in [4.78, 5) is 4.81. The van der Waals surface area contributed by atoms with Gasteiger partial charge in [0.1, 0.15) is 5.82 Å². The number of anilines is 1. The van der Waals surface area contributed by atoms with Gasteiger partial charge in [-0.1, -0.05) is 35.0 Å². The number of fused-ring (bicyclic) bond motifs is 1. The fourth-order valence-corrected chi connectivity index (χ4v) is 2.93. The zero-order valence-corrected chi connectivity index (χ0v) is 13.6. The molecular formula is C17H18BrN3. The lowest BCUT2D eigenvalue weighted by Crippen LogP contribution is -2.04. The SMILES string of the molecule is CCCn1c(Cc2ccc(N)cc2)nc2cc(Br)ccc21. The van der Waals surface area contributed by atoms with Crippen LogP contribution in [0.25, 0.3) is 11.0 Å². The third-order valence-corrected chi connectivity index (χ3v) is 4.07. The Morgan fingerprint density at radius 3 is 2.62 bits per heavy atom. The molecule has 0 amide bonds. The van der Waals surface area contributed by atoms with Crippen molar-refractivity contribution in [1.29, 1.82) is 0 Å². The highest BCUT2D eigenvalue weighted by atomic mass is 79.9. The zero-order chi connectivity index (χ0) is 14.8. The molecule has 3 rings (SSSR count). The van der Waals surface area contributed by atoms with E-state index < -0.39 is 0 Å². The van der Waals surface area contributed by atoms with Crippen LogP contribution in [0.3, 0.4) is 0 Å². The van der Waals surface area contributed by atoms with E-state index >= 15 is 0 Å². The fraction of sp³-hybridized carbons (Fsp3) is 0.235. The number of rotatable bonds is 4. The summed E-state index contributed by atoms with van der Waals surface area (Å²) in [5, 5.41) is 0. The third kappa shape index (κ3) is 2.95. The zero-order valence-electron chi connectivity index (χ0n) is 12.0. The molecule has 4 heteroatoms. The standard InChI is InChI=1S/C17H18BrN3/c1-2-9-21-16-8-5-13(18)11-15(16)20-17(21)10-12-3-6-14(19)7-4-12/h3-8,11H,2,9-10,19H2,1H3. The van der Waals surface area contributed by atoms with Crippen LogP contribution in [0.15, 0.2) is 46.9 Å². The summed E-state index contributed by atoms with van der Waals surface area (Å²) in [5.74, 6) is 1.11. The largest absolute Gasteiger partial charge is 0.399 e.